The predicted octanol–water partition coefficient (Wildman–Crippen LogP) is 5.15. The Hall–Kier alpha value is -2.49. The number of phenols is 1. The molecule has 1 fully saturated rings. The second-order valence-electron chi connectivity index (χ2n) is 7.28. The topological polar surface area (TPSA) is 54.3 Å². The molecular formula is C23H30N2O2. The lowest BCUT2D eigenvalue weighted by Gasteiger charge is -2.21. The van der Waals surface area contributed by atoms with Gasteiger partial charge in [0.1, 0.15) is 17.4 Å². The van der Waals surface area contributed by atoms with E-state index in [1.54, 1.807) is 12.1 Å². The van der Waals surface area contributed by atoms with Gasteiger partial charge in [-0.25, -0.2) is 0 Å². The van der Waals surface area contributed by atoms with E-state index in [1.807, 2.05) is 26.0 Å². The summed E-state index contributed by atoms with van der Waals surface area (Å²) in [6, 6.07) is 9.96. The van der Waals surface area contributed by atoms with Gasteiger partial charge >= 0.3 is 0 Å². The Bertz CT molecular complexity index is 812. The average Bonchev–Trinajstić information content (AvgIpc) is 3.27. The number of phenolic OH excluding ortho intramolecular Hbond substituents is 1. The lowest BCUT2D eigenvalue weighted by Crippen LogP contribution is -2.19. The van der Waals surface area contributed by atoms with Crippen LogP contribution < -0.4 is 5.32 Å². The quantitative estimate of drug-likeness (QED) is 0.787. The van der Waals surface area contributed by atoms with E-state index < -0.39 is 0 Å². The normalized spacial score (nSPS) is 16.7. The molecule has 0 unspecified atom stereocenters. The smallest absolute Gasteiger partial charge is 0.141 e. The number of rotatable bonds is 4. The molecule has 27 heavy (non-hydrogen) atoms. The fourth-order valence-corrected chi connectivity index (χ4v) is 4.10. The number of fused-ring (bicyclic) bond motifs is 1. The SMILES string of the molecule is C=C1CC(=O)Cc2cc(NC3CCCC3)n(Cc3ccc(O)cc3)c21.CC. The molecule has 0 amide bonds. The summed E-state index contributed by atoms with van der Waals surface area (Å²) in [5.74, 6) is 1.60. The summed E-state index contributed by atoms with van der Waals surface area (Å²) in [6.07, 6.45) is 5.90. The molecule has 0 bridgehead atoms. The van der Waals surface area contributed by atoms with Crippen LogP contribution in [-0.2, 0) is 17.8 Å². The molecule has 144 valence electrons. The molecule has 0 saturated heterocycles. The standard InChI is InChI=1S/C21H24N2O2.C2H6/c1-14-10-19(25)11-16-12-20(22-17-4-2-3-5-17)23(21(14)16)13-15-6-8-18(24)9-7-15;1-2/h6-9,12,17,22,24H,1-5,10-11,13H2;1-2H3. The number of carbonyl (C=O) groups is 1. The van der Waals surface area contributed by atoms with Crippen molar-refractivity contribution in [2.24, 2.45) is 0 Å². The number of hydrogen-bond acceptors (Lipinski definition) is 3. The highest BCUT2D eigenvalue weighted by molar-refractivity contribution is 5.96. The first-order chi connectivity index (χ1) is 13.1. The zero-order chi connectivity index (χ0) is 19.4. The first kappa shape index (κ1) is 19.3. The molecule has 0 atom stereocenters. The molecule has 2 aliphatic rings. The second-order valence-corrected chi connectivity index (χ2v) is 7.28. The molecule has 0 radical (unpaired) electrons. The third-order valence-corrected chi connectivity index (χ3v) is 5.29. The third-order valence-electron chi connectivity index (χ3n) is 5.29. The summed E-state index contributed by atoms with van der Waals surface area (Å²) in [7, 11) is 0. The molecule has 2 aliphatic carbocycles. The van der Waals surface area contributed by atoms with Crippen molar-refractivity contribution < 1.29 is 9.90 Å². The molecule has 0 aliphatic heterocycles. The number of allylic oxidation sites excluding steroid dienone is 1. The number of aromatic nitrogens is 1. The van der Waals surface area contributed by atoms with Gasteiger partial charge in [-0.3, -0.25) is 4.79 Å². The highest BCUT2D eigenvalue weighted by Crippen LogP contribution is 2.35. The van der Waals surface area contributed by atoms with Crippen molar-refractivity contribution in [1.82, 2.24) is 4.57 Å². The minimum Gasteiger partial charge on any atom is -0.508 e. The summed E-state index contributed by atoms with van der Waals surface area (Å²) >= 11 is 0. The van der Waals surface area contributed by atoms with Gasteiger partial charge in [0.25, 0.3) is 0 Å². The van der Waals surface area contributed by atoms with Crippen molar-refractivity contribution in [3.63, 3.8) is 0 Å². The average molecular weight is 367 g/mol. The van der Waals surface area contributed by atoms with Gasteiger partial charge in [0, 0.05) is 31.1 Å². The summed E-state index contributed by atoms with van der Waals surface area (Å²) in [6.45, 7) is 8.86. The predicted molar refractivity (Wildman–Crippen MR) is 111 cm³/mol. The van der Waals surface area contributed by atoms with Crippen LogP contribution in [0.1, 0.15) is 62.8 Å². The van der Waals surface area contributed by atoms with Crippen LogP contribution in [-0.4, -0.2) is 21.5 Å². The molecule has 1 saturated carbocycles. The molecule has 1 aromatic heterocycles. The van der Waals surface area contributed by atoms with Crippen LogP contribution >= 0.6 is 0 Å². The molecule has 2 aromatic rings. The van der Waals surface area contributed by atoms with Gasteiger partial charge in [0.15, 0.2) is 0 Å². The van der Waals surface area contributed by atoms with Crippen molar-refractivity contribution in [2.75, 3.05) is 5.32 Å². The Morgan fingerprint density at radius 2 is 1.81 bits per heavy atom. The van der Waals surface area contributed by atoms with E-state index in [-0.39, 0.29) is 11.5 Å². The van der Waals surface area contributed by atoms with Crippen molar-refractivity contribution >= 4 is 17.2 Å². The monoisotopic (exact) mass is 366 g/mol. The van der Waals surface area contributed by atoms with Crippen molar-refractivity contribution in [3.05, 3.63) is 53.7 Å². The number of nitrogens with zero attached hydrogens (tertiary/aromatic N) is 1. The minimum atomic E-state index is 0.242. The Balaban J connectivity index is 0.00000102. The van der Waals surface area contributed by atoms with Gasteiger partial charge in [-0.05, 0) is 47.7 Å². The van der Waals surface area contributed by atoms with E-state index in [9.17, 15) is 9.90 Å². The largest absolute Gasteiger partial charge is 0.508 e. The Morgan fingerprint density at radius 3 is 2.48 bits per heavy atom. The molecule has 0 spiro atoms. The third kappa shape index (κ3) is 4.26. The maximum absolute atomic E-state index is 12.0. The maximum atomic E-state index is 12.0. The number of aromatic hydroxyl groups is 1. The van der Waals surface area contributed by atoms with Crippen LogP contribution in [0.3, 0.4) is 0 Å². The number of hydrogen-bond donors (Lipinski definition) is 2. The lowest BCUT2D eigenvalue weighted by atomic mass is 9.93. The molecule has 1 heterocycles. The molecule has 2 N–H and O–H groups in total. The van der Waals surface area contributed by atoms with Crippen LogP contribution in [0.25, 0.3) is 5.57 Å². The van der Waals surface area contributed by atoms with Gasteiger partial charge in [0.2, 0.25) is 0 Å². The fraction of sp³-hybridized carbons (Fsp3) is 0.435. The van der Waals surface area contributed by atoms with Gasteiger partial charge < -0.3 is 15.0 Å². The van der Waals surface area contributed by atoms with Gasteiger partial charge in [0.05, 0.1) is 0 Å². The highest BCUT2D eigenvalue weighted by atomic mass is 16.3. The van der Waals surface area contributed by atoms with Gasteiger partial charge in [-0.1, -0.05) is 45.4 Å². The van der Waals surface area contributed by atoms with E-state index in [0.29, 0.717) is 25.4 Å². The Labute approximate surface area is 161 Å². The zero-order valence-corrected chi connectivity index (χ0v) is 16.4. The van der Waals surface area contributed by atoms with E-state index in [4.69, 9.17) is 0 Å². The molecule has 4 rings (SSSR count). The highest BCUT2D eigenvalue weighted by Gasteiger charge is 2.26. The van der Waals surface area contributed by atoms with E-state index in [2.05, 4.69) is 22.5 Å². The molecule has 1 aromatic carbocycles. The van der Waals surface area contributed by atoms with E-state index in [0.717, 1.165) is 28.2 Å². The van der Waals surface area contributed by atoms with E-state index >= 15 is 0 Å². The lowest BCUT2D eigenvalue weighted by molar-refractivity contribution is -0.117. The Kier molecular flexibility index (Phi) is 6.04. The summed E-state index contributed by atoms with van der Waals surface area (Å²) in [5.41, 5.74) is 4.22. The van der Waals surface area contributed by atoms with E-state index in [1.165, 1.54) is 25.7 Å². The van der Waals surface area contributed by atoms with Crippen LogP contribution in [0.15, 0.2) is 36.9 Å². The molecular weight excluding hydrogens is 336 g/mol. The Morgan fingerprint density at radius 1 is 1.15 bits per heavy atom. The van der Waals surface area contributed by atoms with Crippen LogP contribution in [0.4, 0.5) is 5.82 Å². The number of carbonyl (C=O) groups excluding carboxylic acids is 1. The van der Waals surface area contributed by atoms with Crippen LogP contribution in [0.5, 0.6) is 5.75 Å². The maximum Gasteiger partial charge on any atom is 0.141 e. The molecule has 4 nitrogen and oxygen atoms in total. The number of nitrogens with one attached hydrogen (secondary N) is 1. The number of ketones is 1. The summed E-state index contributed by atoms with van der Waals surface area (Å²) in [4.78, 5) is 12.0. The second kappa shape index (κ2) is 8.47. The van der Waals surface area contributed by atoms with Gasteiger partial charge in [-0.15, -0.1) is 0 Å². The summed E-state index contributed by atoms with van der Waals surface area (Å²) in [5, 5.41) is 13.2. The van der Waals surface area contributed by atoms with Crippen molar-refractivity contribution in [2.45, 2.75) is 65.0 Å². The van der Waals surface area contributed by atoms with Crippen LogP contribution in [0.2, 0.25) is 0 Å². The van der Waals surface area contributed by atoms with Crippen LogP contribution in [0, 0.1) is 0 Å². The number of benzene rings is 1. The summed E-state index contributed by atoms with van der Waals surface area (Å²) < 4.78 is 2.26. The van der Waals surface area contributed by atoms with Crippen molar-refractivity contribution in [3.8, 4) is 5.75 Å². The fourth-order valence-electron chi connectivity index (χ4n) is 4.10. The molecule has 4 heteroatoms. The minimum absolute atomic E-state index is 0.242. The van der Waals surface area contributed by atoms with Gasteiger partial charge in [-0.2, -0.15) is 0 Å². The first-order valence-electron chi connectivity index (χ1n) is 10.1. The first-order valence-corrected chi connectivity index (χ1v) is 10.1. The zero-order valence-electron chi connectivity index (χ0n) is 16.4. The van der Waals surface area contributed by atoms with Crippen molar-refractivity contribution in [1.29, 1.82) is 0 Å². The number of anilines is 1. The number of Topliss-reactive ketones (excluding diaryl/α,β-unsaturated/α-hetero) is 1.